The van der Waals surface area contributed by atoms with Crippen molar-refractivity contribution in [3.05, 3.63) is 52.5 Å². The molecule has 1 heterocycles. The number of benzene rings is 1. The molecule has 18 heavy (non-hydrogen) atoms. The quantitative estimate of drug-likeness (QED) is 0.863. The molecule has 0 amide bonds. The summed E-state index contributed by atoms with van der Waals surface area (Å²) in [5.41, 5.74) is 1.34. The maximum absolute atomic E-state index is 13.1. The second-order valence-corrected chi connectivity index (χ2v) is 4.45. The smallest absolute Gasteiger partial charge is 0.333 e. The molecular formula is C13H12FNO2S. The first kappa shape index (κ1) is 12.6. The summed E-state index contributed by atoms with van der Waals surface area (Å²) in [7, 11) is 1.33. The Hall–Kier alpha value is -1.88. The van der Waals surface area contributed by atoms with Gasteiger partial charge in [0.05, 0.1) is 7.11 Å². The Labute approximate surface area is 108 Å². The molecule has 1 atom stereocenters. The molecule has 0 bridgehead atoms. The van der Waals surface area contributed by atoms with Gasteiger partial charge in [-0.1, -0.05) is 6.07 Å². The molecule has 0 saturated heterocycles. The Balaban J connectivity index is 2.23. The number of carbonyl (C=O) groups excluding carboxylic acids is 1. The number of nitrogens with one attached hydrogen (secondary N) is 1. The van der Waals surface area contributed by atoms with Crippen LogP contribution in [0.2, 0.25) is 0 Å². The number of hydrogen-bond donors (Lipinski definition) is 1. The van der Waals surface area contributed by atoms with Gasteiger partial charge >= 0.3 is 5.97 Å². The average molecular weight is 265 g/mol. The zero-order valence-electron chi connectivity index (χ0n) is 9.72. The second-order valence-electron chi connectivity index (χ2n) is 3.67. The van der Waals surface area contributed by atoms with Crippen molar-refractivity contribution >= 4 is 23.0 Å². The minimum absolute atomic E-state index is 0.353. The fourth-order valence-corrected chi connectivity index (χ4v) is 2.27. The van der Waals surface area contributed by atoms with Gasteiger partial charge in [0.15, 0.2) is 6.04 Å². The number of anilines is 1. The van der Waals surface area contributed by atoms with Crippen LogP contribution in [0.25, 0.3) is 0 Å². The molecule has 1 unspecified atom stereocenters. The molecule has 2 rings (SSSR count). The fourth-order valence-electron chi connectivity index (χ4n) is 1.58. The van der Waals surface area contributed by atoms with Crippen LogP contribution in [-0.2, 0) is 9.53 Å². The molecular weight excluding hydrogens is 253 g/mol. The Morgan fingerprint density at radius 1 is 1.44 bits per heavy atom. The third-order valence-corrected chi connectivity index (χ3v) is 3.15. The van der Waals surface area contributed by atoms with E-state index in [1.54, 1.807) is 12.1 Å². The summed E-state index contributed by atoms with van der Waals surface area (Å²) in [6.45, 7) is 0. The summed E-state index contributed by atoms with van der Waals surface area (Å²) in [6.07, 6.45) is 0. The van der Waals surface area contributed by atoms with Crippen molar-refractivity contribution in [3.63, 3.8) is 0 Å². The van der Waals surface area contributed by atoms with E-state index in [4.69, 9.17) is 4.74 Å². The van der Waals surface area contributed by atoms with E-state index in [0.29, 0.717) is 5.69 Å². The van der Waals surface area contributed by atoms with Gasteiger partial charge in [0.25, 0.3) is 0 Å². The molecule has 0 radical (unpaired) electrons. The van der Waals surface area contributed by atoms with Crippen LogP contribution in [0.1, 0.15) is 11.6 Å². The number of esters is 1. The van der Waals surface area contributed by atoms with Crippen molar-refractivity contribution in [2.75, 3.05) is 12.4 Å². The molecule has 0 aliphatic heterocycles. The third kappa shape index (κ3) is 2.87. The molecule has 1 N–H and O–H groups in total. The zero-order chi connectivity index (χ0) is 13.0. The van der Waals surface area contributed by atoms with Gasteiger partial charge in [-0.3, -0.25) is 0 Å². The monoisotopic (exact) mass is 265 g/mol. The predicted molar refractivity (Wildman–Crippen MR) is 69.1 cm³/mol. The molecule has 5 heteroatoms. The fraction of sp³-hybridized carbons (Fsp3) is 0.154. The van der Waals surface area contributed by atoms with E-state index in [9.17, 15) is 9.18 Å². The number of rotatable bonds is 4. The number of halogens is 1. The first-order valence-electron chi connectivity index (χ1n) is 5.32. The molecule has 0 aliphatic rings. The molecule has 2 aromatic rings. The van der Waals surface area contributed by atoms with Crippen molar-refractivity contribution in [2.45, 2.75) is 6.04 Å². The minimum atomic E-state index is -0.622. The van der Waals surface area contributed by atoms with Gasteiger partial charge < -0.3 is 10.1 Å². The molecule has 1 aromatic carbocycles. The lowest BCUT2D eigenvalue weighted by Gasteiger charge is -2.16. The van der Waals surface area contributed by atoms with Gasteiger partial charge in [-0.15, -0.1) is 0 Å². The van der Waals surface area contributed by atoms with Crippen molar-refractivity contribution in [2.24, 2.45) is 0 Å². The van der Waals surface area contributed by atoms with Gasteiger partial charge in [-0.2, -0.15) is 11.3 Å². The highest BCUT2D eigenvalue weighted by Crippen LogP contribution is 2.23. The summed E-state index contributed by atoms with van der Waals surface area (Å²) in [4.78, 5) is 11.7. The molecule has 94 valence electrons. The van der Waals surface area contributed by atoms with Crippen molar-refractivity contribution in [1.82, 2.24) is 0 Å². The topological polar surface area (TPSA) is 38.3 Å². The van der Waals surface area contributed by atoms with E-state index in [1.807, 2.05) is 16.8 Å². The SMILES string of the molecule is COC(=O)C(Nc1cccc(F)c1)c1ccsc1. The summed E-state index contributed by atoms with van der Waals surface area (Å²) < 4.78 is 17.8. The lowest BCUT2D eigenvalue weighted by Crippen LogP contribution is -2.21. The van der Waals surface area contributed by atoms with E-state index in [-0.39, 0.29) is 5.82 Å². The highest BCUT2D eigenvalue weighted by atomic mass is 32.1. The van der Waals surface area contributed by atoms with Gasteiger partial charge in [0, 0.05) is 5.69 Å². The molecule has 0 fully saturated rings. The van der Waals surface area contributed by atoms with Gasteiger partial charge in [0.2, 0.25) is 0 Å². The Kier molecular flexibility index (Phi) is 3.94. The highest BCUT2D eigenvalue weighted by Gasteiger charge is 2.21. The lowest BCUT2D eigenvalue weighted by atomic mass is 10.1. The summed E-state index contributed by atoms with van der Waals surface area (Å²) in [5.74, 6) is -0.758. The number of methoxy groups -OCH3 is 1. The van der Waals surface area contributed by atoms with Crippen LogP contribution >= 0.6 is 11.3 Å². The lowest BCUT2D eigenvalue weighted by molar-refractivity contribution is -0.141. The molecule has 1 aromatic heterocycles. The van der Waals surface area contributed by atoms with E-state index in [1.165, 1.54) is 30.6 Å². The van der Waals surface area contributed by atoms with Crippen LogP contribution in [0.5, 0.6) is 0 Å². The average Bonchev–Trinajstić information content (AvgIpc) is 2.89. The first-order chi connectivity index (χ1) is 8.70. The van der Waals surface area contributed by atoms with Crippen LogP contribution in [-0.4, -0.2) is 13.1 Å². The van der Waals surface area contributed by atoms with Crippen LogP contribution in [0.15, 0.2) is 41.1 Å². The van der Waals surface area contributed by atoms with E-state index >= 15 is 0 Å². The summed E-state index contributed by atoms with van der Waals surface area (Å²) in [5, 5.41) is 6.69. The first-order valence-corrected chi connectivity index (χ1v) is 6.27. The van der Waals surface area contributed by atoms with Crippen LogP contribution in [0, 0.1) is 5.82 Å². The molecule has 0 aliphatic carbocycles. The third-order valence-electron chi connectivity index (χ3n) is 2.45. The van der Waals surface area contributed by atoms with Crippen LogP contribution in [0.4, 0.5) is 10.1 Å². The molecule has 0 spiro atoms. The van der Waals surface area contributed by atoms with Crippen LogP contribution in [0.3, 0.4) is 0 Å². The van der Waals surface area contributed by atoms with Crippen LogP contribution < -0.4 is 5.32 Å². The summed E-state index contributed by atoms with van der Waals surface area (Å²) in [6, 6.07) is 7.18. The molecule has 0 saturated carbocycles. The number of ether oxygens (including phenoxy) is 1. The number of hydrogen-bond acceptors (Lipinski definition) is 4. The van der Waals surface area contributed by atoms with Crippen molar-refractivity contribution < 1.29 is 13.9 Å². The van der Waals surface area contributed by atoms with E-state index < -0.39 is 12.0 Å². The summed E-state index contributed by atoms with van der Waals surface area (Å²) >= 11 is 1.49. The normalized spacial score (nSPS) is 11.9. The number of carbonyl (C=O) groups is 1. The maximum Gasteiger partial charge on any atom is 0.333 e. The van der Waals surface area contributed by atoms with Gasteiger partial charge in [-0.05, 0) is 40.6 Å². The predicted octanol–water partition coefficient (Wildman–Crippen LogP) is 3.21. The van der Waals surface area contributed by atoms with Crippen molar-refractivity contribution in [3.8, 4) is 0 Å². The zero-order valence-corrected chi connectivity index (χ0v) is 10.5. The van der Waals surface area contributed by atoms with Crippen molar-refractivity contribution in [1.29, 1.82) is 0 Å². The van der Waals surface area contributed by atoms with Gasteiger partial charge in [-0.25, -0.2) is 9.18 Å². The Morgan fingerprint density at radius 3 is 2.89 bits per heavy atom. The van der Waals surface area contributed by atoms with Gasteiger partial charge in [0.1, 0.15) is 5.82 Å². The minimum Gasteiger partial charge on any atom is -0.467 e. The standard InChI is InChI=1S/C13H12FNO2S/c1-17-13(16)12(9-5-6-18-8-9)15-11-4-2-3-10(14)7-11/h2-8,12,15H,1H3. The molecule has 3 nitrogen and oxygen atoms in total. The largest absolute Gasteiger partial charge is 0.467 e. The Bertz CT molecular complexity index is 528. The van der Waals surface area contributed by atoms with E-state index in [0.717, 1.165) is 5.56 Å². The second kappa shape index (κ2) is 5.64. The number of thiophene rings is 1. The maximum atomic E-state index is 13.1. The Morgan fingerprint density at radius 2 is 2.28 bits per heavy atom. The highest BCUT2D eigenvalue weighted by molar-refractivity contribution is 7.08. The van der Waals surface area contributed by atoms with E-state index in [2.05, 4.69) is 5.32 Å².